The third-order valence-corrected chi connectivity index (χ3v) is 7.26. The normalized spacial score (nSPS) is 24.0. The Bertz CT molecular complexity index is 719. The van der Waals surface area contributed by atoms with Gasteiger partial charge < -0.3 is 9.05 Å². The topological polar surface area (TPSA) is 35.5 Å². The van der Waals surface area contributed by atoms with Gasteiger partial charge in [0.05, 0.1) is 0 Å². The lowest BCUT2D eigenvalue weighted by atomic mass is 10.1. The average molecular weight is 328 g/mol. The van der Waals surface area contributed by atoms with Gasteiger partial charge in [0.1, 0.15) is 5.16 Å². The van der Waals surface area contributed by atoms with Crippen molar-refractivity contribution in [1.82, 2.24) is 0 Å². The third kappa shape index (κ3) is 2.81. The SMILES string of the molecule is COP(=O)(OC)[C@@]1(c2ccccc2)C[C@@H]1/C=C/c1ccccc1. The maximum absolute atomic E-state index is 13.2. The zero-order chi connectivity index (χ0) is 16.3. The van der Waals surface area contributed by atoms with Gasteiger partial charge in [-0.1, -0.05) is 72.8 Å². The van der Waals surface area contributed by atoms with E-state index in [9.17, 15) is 4.57 Å². The molecule has 2 aromatic carbocycles. The highest BCUT2D eigenvalue weighted by Gasteiger charge is 2.67. The van der Waals surface area contributed by atoms with E-state index < -0.39 is 12.8 Å². The van der Waals surface area contributed by atoms with Crippen LogP contribution in [0, 0.1) is 5.92 Å². The highest BCUT2D eigenvalue weighted by molar-refractivity contribution is 7.55. The molecule has 0 aromatic heterocycles. The van der Waals surface area contributed by atoms with Gasteiger partial charge in [-0.3, -0.25) is 4.57 Å². The lowest BCUT2D eigenvalue weighted by Crippen LogP contribution is -2.13. The Balaban J connectivity index is 1.95. The minimum absolute atomic E-state index is 0.135. The van der Waals surface area contributed by atoms with Crippen LogP contribution >= 0.6 is 7.60 Å². The van der Waals surface area contributed by atoms with E-state index in [-0.39, 0.29) is 5.92 Å². The van der Waals surface area contributed by atoms with Crippen LogP contribution in [0.1, 0.15) is 17.5 Å². The standard InChI is InChI=1S/C19H21O3P/c1-21-23(20,22-2)19(17-11-7-4-8-12-17)15-18(19)14-13-16-9-5-3-6-10-16/h3-14,18H,15H2,1-2H3/b14-13+/t18-,19+/m0/s1. The van der Waals surface area contributed by atoms with Gasteiger partial charge in [0.2, 0.25) is 0 Å². The van der Waals surface area contributed by atoms with Crippen molar-refractivity contribution < 1.29 is 13.6 Å². The zero-order valence-electron chi connectivity index (χ0n) is 13.4. The van der Waals surface area contributed by atoms with Crippen molar-refractivity contribution in [1.29, 1.82) is 0 Å². The Hall–Kier alpha value is -1.67. The quantitative estimate of drug-likeness (QED) is 0.692. The minimum Gasteiger partial charge on any atom is -0.311 e. The number of benzene rings is 2. The van der Waals surface area contributed by atoms with Crippen LogP contribution in [-0.2, 0) is 18.8 Å². The summed E-state index contributed by atoms with van der Waals surface area (Å²) in [6.07, 6.45) is 4.96. The Morgan fingerprint density at radius 2 is 1.57 bits per heavy atom. The first-order valence-corrected chi connectivity index (χ1v) is 9.21. The van der Waals surface area contributed by atoms with E-state index in [0.717, 1.165) is 17.5 Å². The smallest absolute Gasteiger partial charge is 0.311 e. The van der Waals surface area contributed by atoms with Crippen molar-refractivity contribution in [3.63, 3.8) is 0 Å². The summed E-state index contributed by atoms with van der Waals surface area (Å²) >= 11 is 0. The van der Waals surface area contributed by atoms with E-state index in [1.54, 1.807) is 0 Å². The first-order valence-electron chi connectivity index (χ1n) is 7.67. The van der Waals surface area contributed by atoms with Gasteiger partial charge in [-0.25, -0.2) is 0 Å². The molecular weight excluding hydrogens is 307 g/mol. The van der Waals surface area contributed by atoms with Gasteiger partial charge in [-0.15, -0.1) is 0 Å². The van der Waals surface area contributed by atoms with Crippen molar-refractivity contribution in [2.24, 2.45) is 5.92 Å². The van der Waals surface area contributed by atoms with Crippen molar-refractivity contribution in [3.8, 4) is 0 Å². The van der Waals surface area contributed by atoms with Crippen LogP contribution in [0.2, 0.25) is 0 Å². The average Bonchev–Trinajstić information content (AvgIpc) is 3.37. The largest absolute Gasteiger partial charge is 0.341 e. The molecule has 0 radical (unpaired) electrons. The van der Waals surface area contributed by atoms with E-state index in [1.807, 2.05) is 48.5 Å². The number of rotatable bonds is 6. The summed E-state index contributed by atoms with van der Waals surface area (Å²) in [7, 11) is -0.296. The summed E-state index contributed by atoms with van der Waals surface area (Å²) in [6.45, 7) is 0. The number of allylic oxidation sites excluding steroid dienone is 1. The van der Waals surface area contributed by atoms with Crippen molar-refractivity contribution in [3.05, 3.63) is 77.9 Å². The molecule has 2 atom stereocenters. The fraction of sp³-hybridized carbons (Fsp3) is 0.263. The molecule has 0 heterocycles. The maximum atomic E-state index is 13.2. The van der Waals surface area contributed by atoms with Crippen LogP contribution in [-0.4, -0.2) is 14.2 Å². The molecule has 0 N–H and O–H groups in total. The molecule has 0 spiro atoms. The highest BCUT2D eigenvalue weighted by Crippen LogP contribution is 2.79. The van der Waals surface area contributed by atoms with Crippen LogP contribution in [0.3, 0.4) is 0 Å². The monoisotopic (exact) mass is 328 g/mol. The predicted molar refractivity (Wildman–Crippen MR) is 93.3 cm³/mol. The lowest BCUT2D eigenvalue weighted by Gasteiger charge is -2.25. The Labute approximate surface area is 137 Å². The van der Waals surface area contributed by atoms with E-state index >= 15 is 0 Å². The number of hydrogen-bond acceptors (Lipinski definition) is 3. The highest BCUT2D eigenvalue weighted by atomic mass is 31.2. The second kappa shape index (κ2) is 6.45. The molecule has 120 valence electrons. The molecule has 0 amide bonds. The minimum atomic E-state index is -3.22. The predicted octanol–water partition coefficient (Wildman–Crippen LogP) is 5.10. The molecule has 0 saturated heterocycles. The van der Waals surface area contributed by atoms with Gasteiger partial charge in [-0.2, -0.15) is 0 Å². The van der Waals surface area contributed by atoms with Crippen LogP contribution in [0.5, 0.6) is 0 Å². The third-order valence-electron chi connectivity index (χ3n) is 4.55. The molecule has 0 aliphatic heterocycles. The van der Waals surface area contributed by atoms with Crippen LogP contribution in [0.25, 0.3) is 6.08 Å². The van der Waals surface area contributed by atoms with Gasteiger partial charge in [0, 0.05) is 14.2 Å². The van der Waals surface area contributed by atoms with Gasteiger partial charge in [0.25, 0.3) is 0 Å². The lowest BCUT2D eigenvalue weighted by molar-refractivity contribution is 0.261. The molecule has 1 saturated carbocycles. The van der Waals surface area contributed by atoms with Crippen molar-refractivity contribution in [2.75, 3.05) is 14.2 Å². The van der Waals surface area contributed by atoms with Gasteiger partial charge in [0.15, 0.2) is 0 Å². The van der Waals surface area contributed by atoms with E-state index in [2.05, 4.69) is 24.3 Å². The molecule has 0 bridgehead atoms. The second-order valence-electron chi connectivity index (χ2n) is 5.73. The fourth-order valence-corrected chi connectivity index (χ4v) is 5.41. The van der Waals surface area contributed by atoms with E-state index in [4.69, 9.17) is 9.05 Å². The summed E-state index contributed by atoms with van der Waals surface area (Å²) in [5.41, 5.74) is 2.14. The molecule has 23 heavy (non-hydrogen) atoms. The maximum Gasteiger partial charge on any atom is 0.341 e. The summed E-state index contributed by atoms with van der Waals surface area (Å²) < 4.78 is 23.9. The summed E-state index contributed by atoms with van der Waals surface area (Å²) in [5.74, 6) is 0.135. The first-order chi connectivity index (χ1) is 11.2. The molecule has 1 aliphatic rings. The molecule has 4 heteroatoms. The first kappa shape index (κ1) is 16.2. The Morgan fingerprint density at radius 3 is 2.13 bits per heavy atom. The number of hydrogen-bond donors (Lipinski definition) is 0. The van der Waals surface area contributed by atoms with E-state index in [0.29, 0.717) is 0 Å². The summed E-state index contributed by atoms with van der Waals surface area (Å²) in [4.78, 5) is 0. The molecule has 1 aliphatic carbocycles. The molecule has 2 aromatic rings. The van der Waals surface area contributed by atoms with Crippen LogP contribution < -0.4 is 0 Å². The fourth-order valence-electron chi connectivity index (χ4n) is 3.23. The van der Waals surface area contributed by atoms with Crippen LogP contribution in [0.4, 0.5) is 0 Å². The van der Waals surface area contributed by atoms with Crippen LogP contribution in [0.15, 0.2) is 66.7 Å². The molecular formula is C19H21O3P. The van der Waals surface area contributed by atoms with Crippen molar-refractivity contribution in [2.45, 2.75) is 11.6 Å². The van der Waals surface area contributed by atoms with Gasteiger partial charge >= 0.3 is 7.60 Å². The summed E-state index contributed by atoms with van der Waals surface area (Å²) in [5, 5.41) is -0.580. The Kier molecular flexibility index (Phi) is 4.54. The summed E-state index contributed by atoms with van der Waals surface area (Å²) in [6, 6.07) is 20.0. The Morgan fingerprint density at radius 1 is 1.00 bits per heavy atom. The molecule has 3 rings (SSSR count). The molecule has 3 nitrogen and oxygen atoms in total. The molecule has 0 unspecified atom stereocenters. The van der Waals surface area contributed by atoms with Crippen molar-refractivity contribution >= 4 is 13.7 Å². The second-order valence-corrected chi connectivity index (χ2v) is 8.26. The molecule has 1 fully saturated rings. The van der Waals surface area contributed by atoms with Gasteiger partial charge in [-0.05, 0) is 23.5 Å². The zero-order valence-corrected chi connectivity index (χ0v) is 14.3. The van der Waals surface area contributed by atoms with E-state index in [1.165, 1.54) is 14.2 Å².